The molecule has 0 aliphatic carbocycles. The van der Waals surface area contributed by atoms with Crippen molar-refractivity contribution in [3.8, 4) is 0 Å². The summed E-state index contributed by atoms with van der Waals surface area (Å²) in [5.41, 5.74) is 6.02. The van der Waals surface area contributed by atoms with Crippen LogP contribution in [0.15, 0.2) is 54.6 Å². The van der Waals surface area contributed by atoms with Crippen LogP contribution in [0, 0.1) is 0 Å². The number of benzene rings is 2. The minimum absolute atomic E-state index is 0.304. The van der Waals surface area contributed by atoms with E-state index >= 15 is 0 Å². The summed E-state index contributed by atoms with van der Waals surface area (Å²) in [5, 5.41) is 0.545. The topological polar surface area (TPSA) is 21.3 Å². The first-order valence-corrected chi connectivity index (χ1v) is 10.6. The fourth-order valence-electron chi connectivity index (χ4n) is 2.65. The van der Waals surface area contributed by atoms with E-state index in [-0.39, 0.29) is 0 Å². The number of thioether (sulfide) groups is 1. The monoisotopic (exact) mass is 379 g/mol. The van der Waals surface area contributed by atoms with Crippen LogP contribution in [0.1, 0.15) is 29.3 Å². The summed E-state index contributed by atoms with van der Waals surface area (Å²) in [6.07, 6.45) is 2.18. The normalized spacial score (nSPS) is 22.6. The molecule has 0 aromatic heterocycles. The third-order valence-corrected chi connectivity index (χ3v) is 7.74. The molecule has 0 spiro atoms. The van der Waals surface area contributed by atoms with E-state index < -0.39 is 0 Å². The van der Waals surface area contributed by atoms with Crippen LogP contribution in [0.3, 0.4) is 0 Å². The molecule has 1 aliphatic rings. The van der Waals surface area contributed by atoms with Crippen LogP contribution >= 0.6 is 11.8 Å². The number of hydrogen-bond acceptors (Lipinski definition) is 3. The fraction of sp³-hybridized carbons (Fsp3) is 0.333. The van der Waals surface area contributed by atoms with Gasteiger partial charge in [0.25, 0.3) is 0 Å². The van der Waals surface area contributed by atoms with Gasteiger partial charge >= 0.3 is 143 Å². The van der Waals surface area contributed by atoms with Gasteiger partial charge < -0.3 is 0 Å². The van der Waals surface area contributed by atoms with E-state index in [2.05, 4.69) is 73.3 Å². The van der Waals surface area contributed by atoms with Crippen LogP contribution in [0.4, 0.5) is 0 Å². The fourth-order valence-corrected chi connectivity index (χ4v) is 6.11. The van der Waals surface area contributed by atoms with Crippen LogP contribution in [0.25, 0.3) is 0 Å². The molecule has 1 N–H and O–H groups in total. The molecule has 3 atom stereocenters. The average Bonchev–Trinajstić information content (AvgIpc) is 3.03. The second kappa shape index (κ2) is 7.67. The molecule has 116 valence electrons. The Kier molecular flexibility index (Phi) is 5.61. The molecule has 0 unspecified atom stereocenters. The second-order valence-corrected chi connectivity index (χ2v) is 9.26. The van der Waals surface area contributed by atoms with Crippen molar-refractivity contribution in [2.75, 3.05) is 12.9 Å². The molecule has 2 aromatic carbocycles. The SMILES string of the molecule is CS[C@@H](C)c1ccccc1[Se][C@H]1CON[C@@H]1c1ccccc1. The van der Waals surface area contributed by atoms with E-state index in [1.807, 2.05) is 11.8 Å². The minimum atomic E-state index is 0.304. The molecular formula is C18H21NOSSe. The van der Waals surface area contributed by atoms with Gasteiger partial charge in [0.15, 0.2) is 0 Å². The van der Waals surface area contributed by atoms with Gasteiger partial charge in [-0.15, -0.1) is 0 Å². The Bertz CT molecular complexity index is 607. The van der Waals surface area contributed by atoms with Crippen molar-refractivity contribution in [2.24, 2.45) is 0 Å². The van der Waals surface area contributed by atoms with E-state index in [0.717, 1.165) is 6.61 Å². The van der Waals surface area contributed by atoms with Gasteiger partial charge in [-0.3, -0.25) is 0 Å². The Morgan fingerprint density at radius 1 is 1.14 bits per heavy atom. The van der Waals surface area contributed by atoms with E-state index in [9.17, 15) is 0 Å². The number of hydroxylamine groups is 1. The first-order valence-electron chi connectivity index (χ1n) is 7.50. The molecule has 0 amide bonds. The number of nitrogens with one attached hydrogen (secondary N) is 1. The van der Waals surface area contributed by atoms with Gasteiger partial charge in [-0.2, -0.15) is 0 Å². The van der Waals surface area contributed by atoms with E-state index in [1.165, 1.54) is 15.6 Å². The molecule has 1 fully saturated rings. The van der Waals surface area contributed by atoms with Gasteiger partial charge in [0.1, 0.15) is 0 Å². The van der Waals surface area contributed by atoms with Crippen LogP contribution in [0.2, 0.25) is 4.82 Å². The Morgan fingerprint density at radius 2 is 1.86 bits per heavy atom. The Morgan fingerprint density at radius 3 is 2.64 bits per heavy atom. The maximum atomic E-state index is 5.58. The molecule has 4 heteroatoms. The van der Waals surface area contributed by atoms with Crippen molar-refractivity contribution in [2.45, 2.75) is 23.0 Å². The van der Waals surface area contributed by atoms with Crippen molar-refractivity contribution < 1.29 is 4.84 Å². The molecule has 2 aromatic rings. The quantitative estimate of drug-likeness (QED) is 0.805. The third kappa shape index (κ3) is 3.58. The average molecular weight is 378 g/mol. The molecule has 0 bridgehead atoms. The van der Waals surface area contributed by atoms with E-state index in [1.54, 1.807) is 0 Å². The Balaban J connectivity index is 1.81. The second-order valence-electron chi connectivity index (χ2n) is 5.39. The molecule has 3 rings (SSSR count). The summed E-state index contributed by atoms with van der Waals surface area (Å²) < 4.78 is 1.51. The Hall–Kier alpha value is -0.771. The first-order chi connectivity index (χ1) is 10.8. The molecule has 22 heavy (non-hydrogen) atoms. The van der Waals surface area contributed by atoms with Crippen molar-refractivity contribution in [1.82, 2.24) is 5.48 Å². The molecule has 1 heterocycles. The summed E-state index contributed by atoms with van der Waals surface area (Å²) in [6.45, 7) is 3.08. The van der Waals surface area contributed by atoms with Crippen molar-refractivity contribution in [3.63, 3.8) is 0 Å². The van der Waals surface area contributed by atoms with Crippen LogP contribution in [-0.4, -0.2) is 27.8 Å². The van der Waals surface area contributed by atoms with Gasteiger partial charge in [0, 0.05) is 0 Å². The van der Waals surface area contributed by atoms with Gasteiger partial charge in [0.05, 0.1) is 0 Å². The van der Waals surface area contributed by atoms with Gasteiger partial charge in [-0.25, -0.2) is 0 Å². The molecule has 0 radical (unpaired) electrons. The standard InChI is InChI=1S/C18H21NOSSe/c1-13(21-2)15-10-6-7-11-16(15)22-17-12-20-19-18(17)14-8-4-3-5-9-14/h3-11,13,17-19H,12H2,1-2H3/t13-,17-,18+/m0/s1. The van der Waals surface area contributed by atoms with E-state index in [4.69, 9.17) is 4.84 Å². The maximum absolute atomic E-state index is 5.58. The molecule has 1 saturated heterocycles. The predicted molar refractivity (Wildman–Crippen MR) is 95.8 cm³/mol. The third-order valence-electron chi connectivity index (χ3n) is 3.98. The molecule has 1 aliphatic heterocycles. The molecular weight excluding hydrogens is 357 g/mol. The summed E-state index contributed by atoms with van der Waals surface area (Å²) in [7, 11) is 0. The van der Waals surface area contributed by atoms with Gasteiger partial charge in [0.2, 0.25) is 0 Å². The summed E-state index contributed by atoms with van der Waals surface area (Å²) in [6, 6.07) is 19.8. The first kappa shape index (κ1) is 16.1. The Labute approximate surface area is 143 Å². The zero-order valence-corrected chi connectivity index (χ0v) is 15.4. The molecule has 2 nitrogen and oxygen atoms in total. The van der Waals surface area contributed by atoms with Gasteiger partial charge in [-0.05, 0) is 0 Å². The number of rotatable bonds is 5. The van der Waals surface area contributed by atoms with Crippen molar-refractivity contribution >= 4 is 31.2 Å². The van der Waals surface area contributed by atoms with Crippen molar-refractivity contribution in [3.05, 3.63) is 65.7 Å². The van der Waals surface area contributed by atoms with Crippen LogP contribution in [0.5, 0.6) is 0 Å². The summed E-state index contributed by atoms with van der Waals surface area (Å²) >= 11 is 2.30. The molecule has 0 saturated carbocycles. The van der Waals surface area contributed by atoms with Crippen LogP contribution in [-0.2, 0) is 4.84 Å². The predicted octanol–water partition coefficient (Wildman–Crippen LogP) is 3.50. The van der Waals surface area contributed by atoms with Crippen LogP contribution < -0.4 is 9.94 Å². The summed E-state index contributed by atoms with van der Waals surface area (Å²) in [4.78, 5) is 6.12. The zero-order valence-electron chi connectivity index (χ0n) is 12.9. The van der Waals surface area contributed by atoms with E-state index in [0.29, 0.717) is 31.1 Å². The van der Waals surface area contributed by atoms with Crippen molar-refractivity contribution in [1.29, 1.82) is 0 Å². The zero-order chi connectivity index (χ0) is 15.4. The van der Waals surface area contributed by atoms with Gasteiger partial charge in [-0.1, -0.05) is 0 Å². The number of hydrogen-bond donors (Lipinski definition) is 1. The summed E-state index contributed by atoms with van der Waals surface area (Å²) in [5.74, 6) is 0.